The molecule has 8 aliphatic carbocycles. The fourth-order valence-corrected chi connectivity index (χ4v) is 13.4. The summed E-state index contributed by atoms with van der Waals surface area (Å²) in [5.74, 6) is -1.98. The maximum absolute atomic E-state index is 14.9. The summed E-state index contributed by atoms with van der Waals surface area (Å²) in [6, 6.07) is 0. The molecule has 0 aliphatic heterocycles. The molecule has 0 saturated heterocycles. The molecule has 4 bridgehead atoms. The molecule has 6 N–H and O–H groups in total. The van der Waals surface area contributed by atoms with E-state index in [4.69, 9.17) is 4.74 Å². The fourth-order valence-electron chi connectivity index (χ4n) is 13.4. The maximum Gasteiger partial charge on any atom is 0.153 e. The van der Waals surface area contributed by atoms with Gasteiger partial charge in [0.1, 0.15) is 35.6 Å². The van der Waals surface area contributed by atoms with Crippen LogP contribution in [0.1, 0.15) is 68.2 Å². The first-order chi connectivity index (χ1) is 22.8. The maximum atomic E-state index is 14.9. The number of aliphatic hydroxyl groups excluding tert-OH is 4. The van der Waals surface area contributed by atoms with Gasteiger partial charge in [-0.15, -0.1) is 0 Å². The van der Waals surface area contributed by atoms with E-state index in [1.807, 2.05) is 13.8 Å². The summed E-state index contributed by atoms with van der Waals surface area (Å²) in [6.07, 6.45) is 2.13. The van der Waals surface area contributed by atoms with E-state index in [1.54, 1.807) is 38.2 Å². The van der Waals surface area contributed by atoms with E-state index in [1.165, 1.54) is 0 Å². The Morgan fingerprint density at radius 1 is 0.694 bits per heavy atom. The van der Waals surface area contributed by atoms with Crippen molar-refractivity contribution >= 4 is 11.6 Å². The minimum Gasteiger partial charge on any atom is -0.392 e. The van der Waals surface area contributed by atoms with Crippen LogP contribution in [0.25, 0.3) is 0 Å². The largest absolute Gasteiger partial charge is 0.392 e. The normalized spacial score (nSPS) is 54.4. The van der Waals surface area contributed by atoms with E-state index in [0.717, 1.165) is 0 Å². The minimum absolute atomic E-state index is 0.00359. The van der Waals surface area contributed by atoms with Crippen LogP contribution < -0.4 is 0 Å². The number of rotatable bonds is 4. The predicted octanol–water partition coefficient (Wildman–Crippen LogP) is 2.68. The average molecular weight is 679 g/mol. The van der Waals surface area contributed by atoms with E-state index >= 15 is 0 Å². The summed E-state index contributed by atoms with van der Waals surface area (Å²) in [7, 11) is 0. The number of carbonyl (C=O) groups is 2. The number of carbonyl (C=O) groups excluding carboxylic acids is 2. The number of ketones is 2. The zero-order chi connectivity index (χ0) is 35.8. The highest BCUT2D eigenvalue weighted by molar-refractivity contribution is 5.96. The highest BCUT2D eigenvalue weighted by atomic mass is 16.5. The van der Waals surface area contributed by atoms with Crippen molar-refractivity contribution in [3.8, 4) is 0 Å². The first-order valence-electron chi connectivity index (χ1n) is 18.3. The highest BCUT2D eigenvalue weighted by Crippen LogP contribution is 2.74. The molecule has 8 aliphatic rings. The van der Waals surface area contributed by atoms with Crippen LogP contribution in [0.5, 0.6) is 0 Å². The Balaban J connectivity index is 1.26. The number of allylic oxidation sites excluding steroid dienone is 2. The number of hydrogen-bond donors (Lipinski definition) is 6. The highest BCUT2D eigenvalue weighted by Gasteiger charge is 2.79. The van der Waals surface area contributed by atoms with Crippen LogP contribution in [0.15, 0.2) is 46.6 Å². The summed E-state index contributed by atoms with van der Waals surface area (Å²) >= 11 is 0. The Morgan fingerprint density at radius 2 is 1.04 bits per heavy atom. The van der Waals surface area contributed by atoms with Crippen molar-refractivity contribution in [1.82, 2.24) is 0 Å². The smallest absolute Gasteiger partial charge is 0.153 e. The molecule has 0 amide bonds. The van der Waals surface area contributed by atoms with E-state index in [9.17, 15) is 40.2 Å². The molecule has 0 unspecified atom stereocenters. The fraction of sp³-hybridized carbons (Fsp3) is 0.750. The number of hydrogen-bond acceptors (Lipinski definition) is 9. The summed E-state index contributed by atoms with van der Waals surface area (Å²) in [5, 5.41) is 71.8. The molecule has 2 spiro atoms. The van der Waals surface area contributed by atoms with Crippen molar-refractivity contribution < 1.29 is 45.0 Å². The molecular formula is C40H54O9. The molecule has 0 heterocycles. The lowest BCUT2D eigenvalue weighted by molar-refractivity contribution is -0.242. The van der Waals surface area contributed by atoms with Gasteiger partial charge in [0.25, 0.3) is 0 Å². The van der Waals surface area contributed by atoms with E-state index in [0.29, 0.717) is 24.0 Å². The second-order valence-corrected chi connectivity index (χ2v) is 18.6. The van der Waals surface area contributed by atoms with Gasteiger partial charge in [0, 0.05) is 11.8 Å². The van der Waals surface area contributed by atoms with Gasteiger partial charge in [-0.3, -0.25) is 9.59 Å². The van der Waals surface area contributed by atoms with Crippen molar-refractivity contribution in [3.63, 3.8) is 0 Å². The Kier molecular flexibility index (Phi) is 6.90. The molecule has 0 aromatic heterocycles. The molecular weight excluding hydrogens is 624 g/mol. The van der Waals surface area contributed by atoms with E-state index < -0.39 is 83.3 Å². The van der Waals surface area contributed by atoms with Crippen molar-refractivity contribution in [3.05, 3.63) is 46.6 Å². The Hall–Kier alpha value is -1.98. The SMILES string of the molecule is CC1=C[C@]23C(=O)[C@@H](C=C(CO)[C@@H](O)[C@]2(O)[C@H]1O[C@H]1C(C)=C[C@]24C(=O)[C@@H](C=C(CO)[C@@H](O)[C@]12O)[C@H]1[C@@H](C[C@H]4C)C1(C)C)[C@H]1[C@@H](C[C@H]3C)C1(C)C. The van der Waals surface area contributed by atoms with Gasteiger partial charge in [0.2, 0.25) is 0 Å². The molecule has 9 heteroatoms. The van der Waals surface area contributed by atoms with Gasteiger partial charge in [-0.05, 0) is 95.3 Å². The lowest BCUT2D eigenvalue weighted by atomic mass is 9.58. The first-order valence-corrected chi connectivity index (χ1v) is 18.3. The van der Waals surface area contributed by atoms with Gasteiger partial charge in [0.05, 0.1) is 24.0 Å². The van der Waals surface area contributed by atoms with Gasteiger partial charge >= 0.3 is 0 Å². The summed E-state index contributed by atoms with van der Waals surface area (Å²) in [5.41, 5.74) is -6.56. The second-order valence-electron chi connectivity index (χ2n) is 18.6. The number of ether oxygens (including phenoxy) is 1. The van der Waals surface area contributed by atoms with Crippen LogP contribution in [-0.2, 0) is 14.3 Å². The van der Waals surface area contributed by atoms with E-state index in [-0.39, 0.29) is 57.2 Å². The number of fused-ring (bicyclic) bond motifs is 6. The van der Waals surface area contributed by atoms with Crippen LogP contribution in [-0.4, -0.2) is 91.0 Å². The van der Waals surface area contributed by atoms with Crippen molar-refractivity contribution in [2.75, 3.05) is 13.2 Å². The summed E-state index contributed by atoms with van der Waals surface area (Å²) in [4.78, 5) is 29.9. The topological polar surface area (TPSA) is 165 Å². The molecule has 16 atom stereocenters. The molecule has 8 rings (SSSR count). The van der Waals surface area contributed by atoms with Gasteiger partial charge in [-0.1, -0.05) is 65.8 Å². The van der Waals surface area contributed by atoms with Crippen molar-refractivity contribution in [2.24, 2.45) is 69.0 Å². The lowest BCUT2D eigenvalue weighted by Gasteiger charge is -2.52. The summed E-state index contributed by atoms with van der Waals surface area (Å²) < 4.78 is 6.91. The minimum atomic E-state index is -2.26. The molecule has 9 nitrogen and oxygen atoms in total. The molecule has 4 saturated carbocycles. The Bertz CT molecular complexity index is 1550. The standard InChI is InChI=1S/C40H54O9/c1-17-13-37-19(3)9-25-27(35(25,5)6)23(31(37)45)11-21(15-41)29(43)39(37,47)33(17)49-34-18(2)14-38-20(4)10-26-28(36(26,7)8)24(32(38)46)12-22(16-42)30(44)40(34,38)48/h11-14,19-20,23-30,33-34,41-44,47-48H,9-10,15-16H2,1-8H3/t19-,20-,23+,24+,25-,26-,27+,28+,29-,30-,33+,34+,37+,38+,39+,40+/m1/s1. The Labute approximate surface area is 288 Å². The van der Waals surface area contributed by atoms with Crippen LogP contribution in [0.4, 0.5) is 0 Å². The summed E-state index contributed by atoms with van der Waals surface area (Å²) in [6.45, 7) is 14.8. The van der Waals surface area contributed by atoms with Gasteiger partial charge in [-0.25, -0.2) is 0 Å². The van der Waals surface area contributed by atoms with Crippen LogP contribution in [0.3, 0.4) is 0 Å². The molecule has 0 radical (unpaired) electrons. The Morgan fingerprint density at radius 3 is 1.37 bits per heavy atom. The van der Waals surface area contributed by atoms with Crippen molar-refractivity contribution in [1.29, 1.82) is 0 Å². The third kappa shape index (κ3) is 3.57. The number of Topliss-reactive ketones (excluding diaryl/α,β-unsaturated/α-hetero) is 2. The molecule has 49 heavy (non-hydrogen) atoms. The number of aliphatic hydroxyl groups is 6. The second kappa shape index (κ2) is 9.91. The predicted molar refractivity (Wildman–Crippen MR) is 179 cm³/mol. The van der Waals surface area contributed by atoms with Crippen LogP contribution in [0, 0.1) is 69.0 Å². The van der Waals surface area contributed by atoms with E-state index in [2.05, 4.69) is 27.7 Å². The average Bonchev–Trinajstić information content (AvgIpc) is 3.74. The molecule has 0 aromatic carbocycles. The van der Waals surface area contributed by atoms with Gasteiger partial charge in [-0.2, -0.15) is 0 Å². The van der Waals surface area contributed by atoms with Gasteiger partial charge < -0.3 is 35.4 Å². The third-order valence-electron chi connectivity index (χ3n) is 16.1. The molecule has 0 aromatic rings. The van der Waals surface area contributed by atoms with Gasteiger partial charge in [0.15, 0.2) is 11.6 Å². The van der Waals surface area contributed by atoms with Crippen molar-refractivity contribution in [2.45, 2.75) is 104 Å². The zero-order valence-electron chi connectivity index (χ0n) is 30.0. The van der Waals surface area contributed by atoms with Crippen LogP contribution in [0.2, 0.25) is 0 Å². The zero-order valence-corrected chi connectivity index (χ0v) is 30.0. The third-order valence-corrected chi connectivity index (χ3v) is 16.1. The first kappa shape index (κ1) is 34.1. The quantitative estimate of drug-likeness (QED) is 0.245. The monoisotopic (exact) mass is 678 g/mol. The van der Waals surface area contributed by atoms with Crippen LogP contribution >= 0.6 is 0 Å². The molecule has 268 valence electrons. The lowest BCUT2D eigenvalue weighted by Crippen LogP contribution is -2.69. The molecule has 4 fully saturated rings.